The molecule has 0 radical (unpaired) electrons. The molecule has 5 heteroatoms. The van der Waals surface area contributed by atoms with E-state index in [-0.39, 0.29) is 12.5 Å². The van der Waals surface area contributed by atoms with E-state index in [1.54, 1.807) is 13.2 Å². The van der Waals surface area contributed by atoms with Crippen molar-refractivity contribution < 1.29 is 19.0 Å². The molecule has 0 aliphatic carbocycles. The maximum absolute atomic E-state index is 11.8. The van der Waals surface area contributed by atoms with Crippen LogP contribution in [0.1, 0.15) is 25.3 Å². The zero-order valence-corrected chi connectivity index (χ0v) is 15.0. The van der Waals surface area contributed by atoms with Crippen molar-refractivity contribution in [2.24, 2.45) is 0 Å². The van der Waals surface area contributed by atoms with E-state index in [4.69, 9.17) is 14.2 Å². The van der Waals surface area contributed by atoms with E-state index in [9.17, 15) is 4.79 Å². The Hall–Kier alpha value is -2.69. The van der Waals surface area contributed by atoms with Gasteiger partial charge < -0.3 is 19.5 Å². The zero-order chi connectivity index (χ0) is 18.1. The molecule has 1 N–H and O–H groups in total. The van der Waals surface area contributed by atoms with Gasteiger partial charge in [-0.05, 0) is 35.7 Å². The summed E-state index contributed by atoms with van der Waals surface area (Å²) in [6, 6.07) is 15.1. The summed E-state index contributed by atoms with van der Waals surface area (Å²) in [6.45, 7) is 5.04. The third-order valence-electron chi connectivity index (χ3n) is 3.65. The summed E-state index contributed by atoms with van der Waals surface area (Å²) in [5, 5.41) is 2.76. The molecule has 2 rings (SSSR count). The topological polar surface area (TPSA) is 56.8 Å². The Bertz CT molecular complexity index is 668. The molecule has 0 spiro atoms. The minimum absolute atomic E-state index is 0.0137. The van der Waals surface area contributed by atoms with Gasteiger partial charge in [-0.1, -0.05) is 32.0 Å². The second kappa shape index (κ2) is 9.57. The predicted molar refractivity (Wildman–Crippen MR) is 97.5 cm³/mol. The van der Waals surface area contributed by atoms with Gasteiger partial charge in [0.25, 0.3) is 5.91 Å². The van der Waals surface area contributed by atoms with Crippen molar-refractivity contribution in [3.05, 3.63) is 54.1 Å². The van der Waals surface area contributed by atoms with Crippen LogP contribution in [-0.2, 0) is 4.79 Å². The molecule has 25 heavy (non-hydrogen) atoms. The Morgan fingerprint density at radius 2 is 1.72 bits per heavy atom. The first-order valence-electron chi connectivity index (χ1n) is 8.35. The van der Waals surface area contributed by atoms with Crippen molar-refractivity contribution in [2.75, 3.05) is 26.9 Å². The molecule has 2 aromatic carbocycles. The van der Waals surface area contributed by atoms with Gasteiger partial charge in [-0.15, -0.1) is 0 Å². The Morgan fingerprint density at radius 3 is 2.40 bits per heavy atom. The summed E-state index contributed by atoms with van der Waals surface area (Å²) in [4.78, 5) is 11.8. The lowest BCUT2D eigenvalue weighted by Crippen LogP contribution is -2.32. The number of benzene rings is 2. The van der Waals surface area contributed by atoms with Gasteiger partial charge in [0, 0.05) is 6.07 Å². The Labute approximate surface area is 148 Å². The molecule has 0 fully saturated rings. The van der Waals surface area contributed by atoms with Crippen LogP contribution in [0.2, 0.25) is 0 Å². The molecule has 0 aliphatic rings. The second-order valence-electron chi connectivity index (χ2n) is 5.89. The van der Waals surface area contributed by atoms with Gasteiger partial charge in [0.05, 0.1) is 13.7 Å². The lowest BCUT2D eigenvalue weighted by molar-refractivity contribution is -0.123. The summed E-state index contributed by atoms with van der Waals surface area (Å²) in [6.07, 6.45) is 0. The first-order valence-corrected chi connectivity index (χ1v) is 8.35. The molecule has 0 unspecified atom stereocenters. The van der Waals surface area contributed by atoms with E-state index < -0.39 is 0 Å². The molecule has 2 aromatic rings. The average Bonchev–Trinajstić information content (AvgIpc) is 2.64. The van der Waals surface area contributed by atoms with Crippen LogP contribution in [0.15, 0.2) is 48.5 Å². The summed E-state index contributed by atoms with van der Waals surface area (Å²) in [5.41, 5.74) is 1.24. The zero-order valence-electron chi connectivity index (χ0n) is 15.0. The maximum atomic E-state index is 11.8. The lowest BCUT2D eigenvalue weighted by Gasteiger charge is -2.10. The van der Waals surface area contributed by atoms with Gasteiger partial charge in [0.1, 0.15) is 23.9 Å². The highest BCUT2D eigenvalue weighted by Gasteiger charge is 2.04. The fraction of sp³-hybridized carbons (Fsp3) is 0.350. The van der Waals surface area contributed by atoms with Crippen molar-refractivity contribution in [1.29, 1.82) is 0 Å². The quantitative estimate of drug-likeness (QED) is 0.709. The normalized spacial score (nSPS) is 10.4. The van der Waals surface area contributed by atoms with Crippen LogP contribution in [-0.4, -0.2) is 32.8 Å². The van der Waals surface area contributed by atoms with E-state index in [1.807, 2.05) is 42.5 Å². The number of hydrogen-bond donors (Lipinski definition) is 1. The summed E-state index contributed by atoms with van der Waals surface area (Å²) in [7, 11) is 1.61. The molecule has 1 amide bonds. The fourth-order valence-electron chi connectivity index (χ4n) is 2.20. The summed E-state index contributed by atoms with van der Waals surface area (Å²) in [5.74, 6) is 2.42. The van der Waals surface area contributed by atoms with Crippen LogP contribution in [0.3, 0.4) is 0 Å². The van der Waals surface area contributed by atoms with Crippen molar-refractivity contribution >= 4 is 5.91 Å². The highest BCUT2D eigenvalue weighted by atomic mass is 16.5. The monoisotopic (exact) mass is 343 g/mol. The smallest absolute Gasteiger partial charge is 0.258 e. The van der Waals surface area contributed by atoms with E-state index in [1.165, 1.54) is 5.56 Å². The highest BCUT2D eigenvalue weighted by Crippen LogP contribution is 2.19. The van der Waals surface area contributed by atoms with Gasteiger partial charge in [0.2, 0.25) is 0 Å². The number of hydrogen-bond acceptors (Lipinski definition) is 4. The highest BCUT2D eigenvalue weighted by molar-refractivity contribution is 5.77. The Balaban J connectivity index is 1.65. The standard InChI is InChI=1S/C20H25NO4/c1-15(2)16-7-9-17(10-8-16)25-14-20(22)21-11-12-24-19-6-4-5-18(13-19)23-3/h4-10,13,15H,11-12,14H2,1-3H3,(H,21,22). The van der Waals surface area contributed by atoms with Crippen molar-refractivity contribution in [3.63, 3.8) is 0 Å². The van der Waals surface area contributed by atoms with Crippen LogP contribution in [0, 0.1) is 0 Å². The minimum Gasteiger partial charge on any atom is -0.497 e. The molecular weight excluding hydrogens is 318 g/mol. The van der Waals surface area contributed by atoms with Crippen LogP contribution >= 0.6 is 0 Å². The van der Waals surface area contributed by atoms with Crippen molar-refractivity contribution in [1.82, 2.24) is 5.32 Å². The van der Waals surface area contributed by atoms with Gasteiger partial charge in [0.15, 0.2) is 6.61 Å². The molecule has 0 aromatic heterocycles. The SMILES string of the molecule is COc1cccc(OCCNC(=O)COc2ccc(C(C)C)cc2)c1. The Kier molecular flexibility index (Phi) is 7.14. The van der Waals surface area contributed by atoms with Gasteiger partial charge in [-0.25, -0.2) is 0 Å². The molecular formula is C20H25NO4. The first kappa shape index (κ1) is 18.6. The third kappa shape index (κ3) is 6.37. The van der Waals surface area contributed by atoms with Crippen LogP contribution in [0.5, 0.6) is 17.2 Å². The number of carbonyl (C=O) groups excluding carboxylic acids is 1. The number of ether oxygens (including phenoxy) is 3. The first-order chi connectivity index (χ1) is 12.1. The molecule has 0 saturated carbocycles. The summed E-state index contributed by atoms with van der Waals surface area (Å²) >= 11 is 0. The van der Waals surface area contributed by atoms with E-state index >= 15 is 0 Å². The maximum Gasteiger partial charge on any atom is 0.258 e. The second-order valence-corrected chi connectivity index (χ2v) is 5.89. The lowest BCUT2D eigenvalue weighted by atomic mass is 10.0. The number of amides is 1. The summed E-state index contributed by atoms with van der Waals surface area (Å²) < 4.78 is 16.2. The molecule has 0 atom stereocenters. The number of carbonyl (C=O) groups is 1. The number of methoxy groups -OCH3 is 1. The van der Waals surface area contributed by atoms with E-state index in [2.05, 4.69) is 19.2 Å². The van der Waals surface area contributed by atoms with Crippen molar-refractivity contribution in [3.8, 4) is 17.2 Å². The molecule has 134 valence electrons. The van der Waals surface area contributed by atoms with Crippen LogP contribution < -0.4 is 19.5 Å². The molecule has 0 aliphatic heterocycles. The van der Waals surface area contributed by atoms with Gasteiger partial charge in [-0.2, -0.15) is 0 Å². The van der Waals surface area contributed by atoms with Crippen LogP contribution in [0.25, 0.3) is 0 Å². The Morgan fingerprint density at radius 1 is 1.00 bits per heavy atom. The molecule has 0 bridgehead atoms. The van der Waals surface area contributed by atoms with Gasteiger partial charge >= 0.3 is 0 Å². The fourth-order valence-corrected chi connectivity index (χ4v) is 2.20. The molecule has 0 saturated heterocycles. The molecule has 0 heterocycles. The average molecular weight is 343 g/mol. The third-order valence-corrected chi connectivity index (χ3v) is 3.65. The minimum atomic E-state index is -0.179. The van der Waals surface area contributed by atoms with Crippen LogP contribution in [0.4, 0.5) is 0 Å². The number of rotatable bonds is 9. The van der Waals surface area contributed by atoms with E-state index in [0.29, 0.717) is 30.6 Å². The van der Waals surface area contributed by atoms with Gasteiger partial charge in [-0.3, -0.25) is 4.79 Å². The van der Waals surface area contributed by atoms with Crippen molar-refractivity contribution in [2.45, 2.75) is 19.8 Å². The number of nitrogens with one attached hydrogen (secondary N) is 1. The molecule has 5 nitrogen and oxygen atoms in total. The largest absolute Gasteiger partial charge is 0.497 e. The van der Waals surface area contributed by atoms with E-state index in [0.717, 1.165) is 5.75 Å². The predicted octanol–water partition coefficient (Wildman–Crippen LogP) is 3.39.